The fourth-order valence-electron chi connectivity index (χ4n) is 11.7. The highest BCUT2D eigenvalue weighted by Crippen LogP contribution is 2.68. The van der Waals surface area contributed by atoms with Crippen LogP contribution in [-0.4, -0.2) is 67.8 Å². The lowest BCUT2D eigenvalue weighted by atomic mass is 9.44. The summed E-state index contributed by atoms with van der Waals surface area (Å²) in [6, 6.07) is 0. The number of ether oxygens (including phenoxy) is 6. The molecule has 1 aliphatic heterocycles. The number of esters is 4. The van der Waals surface area contributed by atoms with Crippen molar-refractivity contribution in [2.45, 2.75) is 169 Å². The van der Waals surface area contributed by atoms with Crippen molar-refractivity contribution in [3.8, 4) is 0 Å². The molecule has 5 fully saturated rings. The van der Waals surface area contributed by atoms with Gasteiger partial charge in [-0.3, -0.25) is 14.4 Å². The SMILES string of the molecule is COC(=O)[C@H]1O[C@@H](O[C@H]2CC[C@@]3(C)[C@@H](CC[C@@H]4[C@@H]3CC[C@]3(C)[C@@H]([C@H](C)CCCC(C)C)CC[C@@H]43)C2)[C@H](OC(C)=O)[C@@H](OC(C)=O)[C@@H]1OC(C)=O. The molecule has 0 radical (unpaired) electrons. The van der Waals surface area contributed by atoms with Crippen LogP contribution >= 0.6 is 0 Å². The third-order valence-corrected chi connectivity index (χ3v) is 14.0. The molecule has 0 amide bonds. The zero-order valence-electron chi connectivity index (χ0n) is 32.1. The van der Waals surface area contributed by atoms with Crippen LogP contribution in [0, 0.1) is 52.3 Å². The van der Waals surface area contributed by atoms with E-state index in [9.17, 15) is 19.2 Å². The molecule has 50 heavy (non-hydrogen) atoms. The molecular weight excluding hydrogens is 640 g/mol. The molecule has 284 valence electrons. The number of fused-ring (bicyclic) bond motifs is 5. The summed E-state index contributed by atoms with van der Waals surface area (Å²) in [5.74, 6) is 2.28. The second-order valence-corrected chi connectivity index (χ2v) is 17.4. The zero-order valence-corrected chi connectivity index (χ0v) is 32.1. The van der Waals surface area contributed by atoms with Gasteiger partial charge in [-0.15, -0.1) is 0 Å². The minimum Gasteiger partial charge on any atom is -0.467 e. The quantitative estimate of drug-likeness (QED) is 0.124. The van der Waals surface area contributed by atoms with Crippen molar-refractivity contribution in [1.82, 2.24) is 0 Å². The van der Waals surface area contributed by atoms with Crippen LogP contribution in [0.3, 0.4) is 0 Å². The minimum atomic E-state index is -1.45. The second kappa shape index (κ2) is 15.8. The number of carbonyl (C=O) groups is 4. The molecule has 0 aromatic heterocycles. The predicted octanol–water partition coefficient (Wildman–Crippen LogP) is 7.19. The van der Waals surface area contributed by atoms with Crippen LogP contribution < -0.4 is 0 Å². The van der Waals surface area contributed by atoms with Gasteiger partial charge in [-0.1, -0.05) is 53.9 Å². The smallest absolute Gasteiger partial charge is 0.339 e. The predicted molar refractivity (Wildman–Crippen MR) is 185 cm³/mol. The summed E-state index contributed by atoms with van der Waals surface area (Å²) in [6.07, 6.45) is 7.60. The molecule has 4 saturated carbocycles. The molecule has 5 rings (SSSR count). The van der Waals surface area contributed by atoms with E-state index >= 15 is 0 Å². The van der Waals surface area contributed by atoms with Crippen molar-refractivity contribution in [2.75, 3.05) is 7.11 Å². The fraction of sp³-hybridized carbons (Fsp3) is 0.900. The number of rotatable bonds is 11. The maximum absolute atomic E-state index is 12.9. The lowest BCUT2D eigenvalue weighted by Gasteiger charge is -2.61. The molecule has 0 unspecified atom stereocenters. The van der Waals surface area contributed by atoms with Gasteiger partial charge in [0, 0.05) is 20.8 Å². The molecule has 10 heteroatoms. The lowest BCUT2D eigenvalue weighted by molar-refractivity contribution is -0.315. The van der Waals surface area contributed by atoms with Gasteiger partial charge in [0.25, 0.3) is 0 Å². The highest BCUT2D eigenvalue weighted by atomic mass is 16.7. The molecule has 0 bridgehead atoms. The van der Waals surface area contributed by atoms with Gasteiger partial charge in [0.2, 0.25) is 0 Å². The largest absolute Gasteiger partial charge is 0.467 e. The standard InChI is InChI=1S/C40H64O10/c1-22(2)11-10-12-23(3)30-15-16-31-29-14-13-27-21-28(17-19-39(27,7)32(29)18-20-40(30,31)8)49-38-36(48-26(6)43)34(47-25(5)42)33(46-24(4)41)35(50-38)37(44)45-9/h22-23,27-36,38H,10-21H2,1-9H3/t23-,27+,28+,29+,30-,31+,32+,33+,34+,35+,36-,38-,39+,40-/m1/s1. The van der Waals surface area contributed by atoms with Crippen molar-refractivity contribution in [2.24, 2.45) is 52.3 Å². The molecule has 0 aromatic carbocycles. The minimum absolute atomic E-state index is 0.217. The first-order chi connectivity index (χ1) is 23.6. The summed E-state index contributed by atoms with van der Waals surface area (Å²) in [4.78, 5) is 49.5. The van der Waals surface area contributed by atoms with Crippen molar-refractivity contribution in [1.29, 1.82) is 0 Å². The van der Waals surface area contributed by atoms with Gasteiger partial charge in [0.05, 0.1) is 13.2 Å². The van der Waals surface area contributed by atoms with Gasteiger partial charge in [0.15, 0.2) is 30.7 Å². The Morgan fingerprint density at radius 2 is 1.36 bits per heavy atom. The van der Waals surface area contributed by atoms with Gasteiger partial charge in [0.1, 0.15) is 0 Å². The maximum Gasteiger partial charge on any atom is 0.339 e. The topological polar surface area (TPSA) is 124 Å². The van der Waals surface area contributed by atoms with Gasteiger partial charge in [-0.25, -0.2) is 4.79 Å². The van der Waals surface area contributed by atoms with Crippen molar-refractivity contribution >= 4 is 23.9 Å². The van der Waals surface area contributed by atoms with Crippen LogP contribution in [-0.2, 0) is 47.6 Å². The van der Waals surface area contributed by atoms with E-state index in [1.165, 1.54) is 79.2 Å². The van der Waals surface area contributed by atoms with E-state index < -0.39 is 54.6 Å². The molecule has 0 spiro atoms. The molecular formula is C40H64O10. The Balaban J connectivity index is 1.29. The molecule has 4 aliphatic carbocycles. The van der Waals surface area contributed by atoms with E-state index in [1.807, 2.05) is 0 Å². The molecule has 0 aromatic rings. The van der Waals surface area contributed by atoms with Gasteiger partial charge >= 0.3 is 23.9 Å². The molecule has 10 nitrogen and oxygen atoms in total. The van der Waals surface area contributed by atoms with Gasteiger partial charge in [-0.2, -0.15) is 0 Å². The molecule has 14 atom stereocenters. The molecule has 1 saturated heterocycles. The van der Waals surface area contributed by atoms with Gasteiger partial charge in [-0.05, 0) is 110 Å². The first kappa shape index (κ1) is 39.0. The molecule has 1 heterocycles. The number of hydrogen-bond donors (Lipinski definition) is 0. The molecule has 0 N–H and O–H groups in total. The van der Waals surface area contributed by atoms with Crippen molar-refractivity contribution in [3.63, 3.8) is 0 Å². The second-order valence-electron chi connectivity index (χ2n) is 17.4. The summed E-state index contributed by atoms with van der Waals surface area (Å²) in [6.45, 7) is 16.0. The zero-order chi connectivity index (χ0) is 36.5. The van der Waals surface area contributed by atoms with Crippen LogP contribution in [0.2, 0.25) is 0 Å². The van der Waals surface area contributed by atoms with E-state index in [1.54, 1.807) is 0 Å². The summed E-state index contributed by atoms with van der Waals surface area (Å²) in [7, 11) is 1.19. The Labute approximate surface area is 299 Å². The highest BCUT2D eigenvalue weighted by Gasteiger charge is 2.61. The normalized spacial score (nSPS) is 41.6. The van der Waals surface area contributed by atoms with E-state index in [0.29, 0.717) is 17.3 Å². The Morgan fingerprint density at radius 3 is 2.00 bits per heavy atom. The summed E-state index contributed by atoms with van der Waals surface area (Å²) >= 11 is 0. The summed E-state index contributed by atoms with van der Waals surface area (Å²) in [5.41, 5.74) is 0.674. The van der Waals surface area contributed by atoms with E-state index in [-0.39, 0.29) is 11.5 Å². The number of methoxy groups -OCH3 is 1. The first-order valence-corrected chi connectivity index (χ1v) is 19.5. The van der Waals surface area contributed by atoms with Crippen LogP contribution in [0.5, 0.6) is 0 Å². The third-order valence-electron chi connectivity index (χ3n) is 14.0. The number of hydrogen-bond acceptors (Lipinski definition) is 10. The monoisotopic (exact) mass is 704 g/mol. The van der Waals surface area contributed by atoms with Crippen molar-refractivity contribution < 1.29 is 47.6 Å². The van der Waals surface area contributed by atoms with Crippen LogP contribution in [0.1, 0.15) is 132 Å². The Bertz CT molecular complexity index is 1230. The third kappa shape index (κ3) is 7.91. The van der Waals surface area contributed by atoms with Crippen LogP contribution in [0.25, 0.3) is 0 Å². The van der Waals surface area contributed by atoms with Crippen LogP contribution in [0.15, 0.2) is 0 Å². The van der Waals surface area contributed by atoms with E-state index in [4.69, 9.17) is 28.4 Å². The average Bonchev–Trinajstić information content (AvgIpc) is 3.40. The van der Waals surface area contributed by atoms with Crippen LogP contribution in [0.4, 0.5) is 0 Å². The fourth-order valence-corrected chi connectivity index (χ4v) is 11.7. The first-order valence-electron chi connectivity index (χ1n) is 19.5. The lowest BCUT2D eigenvalue weighted by Crippen LogP contribution is -2.64. The van der Waals surface area contributed by atoms with Crippen molar-refractivity contribution in [3.05, 3.63) is 0 Å². The Hall–Kier alpha value is -2.20. The summed E-state index contributed by atoms with van der Waals surface area (Å²) in [5, 5.41) is 0. The summed E-state index contributed by atoms with van der Waals surface area (Å²) < 4.78 is 34.3. The average molecular weight is 705 g/mol. The number of carbonyl (C=O) groups excluding carboxylic acids is 4. The maximum atomic E-state index is 12.9. The Morgan fingerprint density at radius 1 is 0.740 bits per heavy atom. The van der Waals surface area contributed by atoms with Gasteiger partial charge < -0.3 is 28.4 Å². The Kier molecular flexibility index (Phi) is 12.3. The van der Waals surface area contributed by atoms with E-state index in [0.717, 1.165) is 55.3 Å². The molecule has 5 aliphatic rings. The highest BCUT2D eigenvalue weighted by molar-refractivity contribution is 5.77. The van der Waals surface area contributed by atoms with E-state index in [2.05, 4.69) is 34.6 Å².